The van der Waals surface area contributed by atoms with Crippen LogP contribution in [0, 0.1) is 0 Å². The van der Waals surface area contributed by atoms with Crippen LogP contribution in [-0.4, -0.2) is 39.7 Å². The summed E-state index contributed by atoms with van der Waals surface area (Å²) in [7, 11) is 4.62. The Morgan fingerprint density at radius 1 is 1.00 bits per heavy atom. The summed E-state index contributed by atoms with van der Waals surface area (Å²) in [6.45, 7) is 2.09. The highest BCUT2D eigenvalue weighted by Gasteiger charge is 2.40. The van der Waals surface area contributed by atoms with Gasteiger partial charge >= 0.3 is 5.97 Å². The molecule has 35 heavy (non-hydrogen) atoms. The van der Waals surface area contributed by atoms with E-state index in [2.05, 4.69) is 5.32 Å². The van der Waals surface area contributed by atoms with E-state index in [4.69, 9.17) is 18.9 Å². The number of hydrogen-bond donors (Lipinski definition) is 1. The normalized spacial score (nSPS) is 17.5. The van der Waals surface area contributed by atoms with Gasteiger partial charge in [0, 0.05) is 35.7 Å². The minimum absolute atomic E-state index is 0.0274. The van der Waals surface area contributed by atoms with Crippen molar-refractivity contribution in [3.05, 3.63) is 76.1 Å². The maximum atomic E-state index is 13.5. The lowest BCUT2D eigenvalue weighted by atomic mass is 9.75. The lowest BCUT2D eigenvalue weighted by molar-refractivity contribution is -0.139. The molecule has 0 fully saturated rings. The van der Waals surface area contributed by atoms with Gasteiger partial charge in [0.15, 0.2) is 17.3 Å². The fourth-order valence-electron chi connectivity index (χ4n) is 4.84. The SMILES string of the molecule is COc1cc([C@@H]2C(C(=O)OCCc3ccccc3)=C(C)NC3=C2C(=O)CCC3)cc(OC)c1OC. The number of hydrogen-bond acceptors (Lipinski definition) is 7. The first kappa shape index (κ1) is 24.4. The number of rotatable bonds is 8. The lowest BCUT2D eigenvalue weighted by Crippen LogP contribution is -2.34. The Morgan fingerprint density at radius 3 is 2.31 bits per heavy atom. The summed E-state index contributed by atoms with van der Waals surface area (Å²) < 4.78 is 22.3. The largest absolute Gasteiger partial charge is 0.493 e. The van der Waals surface area contributed by atoms with Gasteiger partial charge in [0.25, 0.3) is 0 Å². The predicted octanol–water partition coefficient (Wildman–Crippen LogP) is 4.47. The van der Waals surface area contributed by atoms with Gasteiger partial charge in [0.05, 0.1) is 33.5 Å². The highest BCUT2D eigenvalue weighted by Crippen LogP contribution is 2.47. The van der Waals surface area contributed by atoms with E-state index >= 15 is 0 Å². The molecule has 0 amide bonds. The third-order valence-corrected chi connectivity index (χ3v) is 6.48. The van der Waals surface area contributed by atoms with Gasteiger partial charge < -0.3 is 24.3 Å². The topological polar surface area (TPSA) is 83.1 Å². The molecule has 7 heteroatoms. The molecular formula is C28H31NO6. The molecule has 2 aliphatic rings. The number of carbonyl (C=O) groups excluding carboxylic acids is 2. The predicted molar refractivity (Wildman–Crippen MR) is 132 cm³/mol. The van der Waals surface area contributed by atoms with Crippen molar-refractivity contribution in [3.63, 3.8) is 0 Å². The van der Waals surface area contributed by atoms with Gasteiger partial charge in [-0.25, -0.2) is 4.79 Å². The molecule has 2 aromatic rings. The molecule has 0 bridgehead atoms. The maximum absolute atomic E-state index is 13.5. The fraction of sp³-hybridized carbons (Fsp3) is 0.357. The third kappa shape index (κ3) is 4.90. The Kier molecular flexibility index (Phi) is 7.44. The summed E-state index contributed by atoms with van der Waals surface area (Å²) in [5.41, 5.74) is 4.35. The molecule has 2 aromatic carbocycles. The molecule has 0 saturated heterocycles. The molecule has 1 aliphatic heterocycles. The molecule has 1 atom stereocenters. The van der Waals surface area contributed by atoms with E-state index in [-0.39, 0.29) is 12.4 Å². The van der Waals surface area contributed by atoms with Crippen LogP contribution >= 0.6 is 0 Å². The molecule has 184 valence electrons. The smallest absolute Gasteiger partial charge is 0.336 e. The van der Waals surface area contributed by atoms with E-state index < -0.39 is 11.9 Å². The van der Waals surface area contributed by atoms with Crippen LogP contribution < -0.4 is 19.5 Å². The van der Waals surface area contributed by atoms with Gasteiger partial charge in [0.2, 0.25) is 5.75 Å². The van der Waals surface area contributed by atoms with Crippen LogP contribution in [0.4, 0.5) is 0 Å². The average Bonchev–Trinajstić information content (AvgIpc) is 2.87. The minimum atomic E-state index is -0.600. The number of nitrogens with one attached hydrogen (secondary N) is 1. The number of carbonyl (C=O) groups is 2. The summed E-state index contributed by atoms with van der Waals surface area (Å²) in [6.07, 6.45) is 2.57. The second kappa shape index (κ2) is 10.7. The highest BCUT2D eigenvalue weighted by molar-refractivity contribution is 6.03. The summed E-state index contributed by atoms with van der Waals surface area (Å²) in [6, 6.07) is 13.5. The van der Waals surface area contributed by atoms with Crippen LogP contribution in [0.5, 0.6) is 17.2 Å². The zero-order chi connectivity index (χ0) is 24.9. The fourth-order valence-corrected chi connectivity index (χ4v) is 4.84. The number of allylic oxidation sites excluding steroid dienone is 3. The molecule has 1 N–H and O–H groups in total. The van der Waals surface area contributed by atoms with Gasteiger partial charge in [-0.2, -0.15) is 0 Å². The first-order valence-corrected chi connectivity index (χ1v) is 11.7. The Morgan fingerprint density at radius 2 is 1.69 bits per heavy atom. The van der Waals surface area contributed by atoms with Gasteiger partial charge in [-0.05, 0) is 43.0 Å². The summed E-state index contributed by atoms with van der Waals surface area (Å²) >= 11 is 0. The van der Waals surface area contributed by atoms with Crippen molar-refractivity contribution in [2.45, 2.75) is 38.5 Å². The second-order valence-corrected chi connectivity index (χ2v) is 8.60. The molecule has 0 aromatic heterocycles. The zero-order valence-electron chi connectivity index (χ0n) is 20.6. The van der Waals surface area contributed by atoms with Crippen molar-refractivity contribution in [1.29, 1.82) is 0 Å². The Balaban J connectivity index is 1.74. The first-order valence-electron chi connectivity index (χ1n) is 11.7. The monoisotopic (exact) mass is 477 g/mol. The number of methoxy groups -OCH3 is 3. The maximum Gasteiger partial charge on any atom is 0.336 e. The third-order valence-electron chi connectivity index (χ3n) is 6.48. The molecule has 0 saturated carbocycles. The van der Waals surface area contributed by atoms with Gasteiger partial charge in [-0.15, -0.1) is 0 Å². The van der Waals surface area contributed by atoms with Crippen molar-refractivity contribution < 1.29 is 28.5 Å². The van der Waals surface area contributed by atoms with E-state index in [9.17, 15) is 9.59 Å². The minimum Gasteiger partial charge on any atom is -0.493 e. The molecule has 0 unspecified atom stereocenters. The van der Waals surface area contributed by atoms with Crippen molar-refractivity contribution in [1.82, 2.24) is 5.32 Å². The molecule has 1 aliphatic carbocycles. The van der Waals surface area contributed by atoms with Crippen LogP contribution in [0.2, 0.25) is 0 Å². The Hall–Kier alpha value is -3.74. The van der Waals surface area contributed by atoms with E-state index in [0.717, 1.165) is 24.1 Å². The van der Waals surface area contributed by atoms with Crippen LogP contribution in [-0.2, 0) is 20.7 Å². The second-order valence-electron chi connectivity index (χ2n) is 8.60. The highest BCUT2D eigenvalue weighted by atomic mass is 16.5. The van der Waals surface area contributed by atoms with Crippen molar-refractivity contribution in [2.75, 3.05) is 27.9 Å². The zero-order valence-corrected chi connectivity index (χ0v) is 20.6. The quantitative estimate of drug-likeness (QED) is 0.562. The van der Waals surface area contributed by atoms with E-state index in [0.29, 0.717) is 52.5 Å². The summed E-state index contributed by atoms with van der Waals surface area (Å²) in [4.78, 5) is 26.6. The Labute approximate surface area is 205 Å². The van der Waals surface area contributed by atoms with Crippen LogP contribution in [0.1, 0.15) is 43.2 Å². The van der Waals surface area contributed by atoms with Crippen molar-refractivity contribution in [3.8, 4) is 17.2 Å². The molecule has 7 nitrogen and oxygen atoms in total. The van der Waals surface area contributed by atoms with Crippen LogP contribution in [0.3, 0.4) is 0 Å². The molecule has 4 rings (SSSR count). The average molecular weight is 478 g/mol. The first-order chi connectivity index (χ1) is 17.0. The summed E-state index contributed by atoms with van der Waals surface area (Å²) in [5, 5.41) is 3.32. The van der Waals surface area contributed by atoms with Gasteiger partial charge in [-0.1, -0.05) is 30.3 Å². The summed E-state index contributed by atoms with van der Waals surface area (Å²) in [5.74, 6) is 0.344. The number of Topliss-reactive ketones (excluding diaryl/α,β-unsaturated/α-hetero) is 1. The molecule has 1 heterocycles. The lowest BCUT2D eigenvalue weighted by Gasteiger charge is -2.34. The number of ketones is 1. The van der Waals surface area contributed by atoms with E-state index in [1.54, 1.807) is 26.4 Å². The molecule has 0 spiro atoms. The molecular weight excluding hydrogens is 446 g/mol. The van der Waals surface area contributed by atoms with E-state index in [1.165, 1.54) is 7.11 Å². The number of esters is 1. The van der Waals surface area contributed by atoms with Crippen molar-refractivity contribution in [2.24, 2.45) is 0 Å². The number of benzene rings is 2. The van der Waals surface area contributed by atoms with Crippen molar-refractivity contribution >= 4 is 11.8 Å². The van der Waals surface area contributed by atoms with E-state index in [1.807, 2.05) is 37.3 Å². The Bertz CT molecular complexity index is 1160. The van der Waals surface area contributed by atoms with Gasteiger partial charge in [0.1, 0.15) is 0 Å². The standard InChI is InChI=1S/C28H31NO6/c1-17-24(28(31)35-14-13-18-9-6-5-7-10-18)25(26-20(29-17)11-8-12-21(26)30)19-15-22(32-2)27(34-4)23(16-19)33-3/h5-7,9-10,15-16,25,29H,8,11-14H2,1-4H3/t25-/m1/s1. The number of ether oxygens (including phenoxy) is 4. The number of dihydropyridines is 1. The van der Waals surface area contributed by atoms with Crippen LogP contribution in [0.25, 0.3) is 0 Å². The molecule has 0 radical (unpaired) electrons. The van der Waals surface area contributed by atoms with Crippen LogP contribution in [0.15, 0.2) is 65.0 Å². The van der Waals surface area contributed by atoms with Gasteiger partial charge in [-0.3, -0.25) is 4.79 Å².